The third-order valence-electron chi connectivity index (χ3n) is 4.36. The lowest BCUT2D eigenvalue weighted by atomic mass is 9.76. The van der Waals surface area contributed by atoms with Gasteiger partial charge >= 0.3 is 0 Å². The van der Waals surface area contributed by atoms with E-state index in [4.69, 9.17) is 0 Å². The first-order valence-corrected chi connectivity index (χ1v) is 7.82. The highest BCUT2D eigenvalue weighted by atomic mass is 16.4. The minimum absolute atomic E-state index is 0.209. The summed E-state index contributed by atoms with van der Waals surface area (Å²) in [6.45, 7) is 5.20. The van der Waals surface area contributed by atoms with Crippen molar-refractivity contribution in [3.8, 4) is 0 Å². The van der Waals surface area contributed by atoms with Crippen LogP contribution in [0.5, 0.6) is 0 Å². The predicted molar refractivity (Wildman–Crippen MR) is 89.0 cm³/mol. The van der Waals surface area contributed by atoms with Crippen LogP contribution in [0.15, 0.2) is 35.4 Å². The first-order valence-electron chi connectivity index (χ1n) is 7.82. The Morgan fingerprint density at radius 2 is 1.54 bits per heavy atom. The van der Waals surface area contributed by atoms with Gasteiger partial charge in [-0.2, -0.15) is 0 Å². The first kappa shape index (κ1) is 17.7. The molecule has 0 saturated carbocycles. The maximum atomic E-state index is 12.6. The number of carboxylic acids is 1. The van der Waals surface area contributed by atoms with Crippen LogP contribution in [0.1, 0.15) is 33.6 Å². The summed E-state index contributed by atoms with van der Waals surface area (Å²) >= 11 is 0. The molecule has 0 bridgehead atoms. The second-order valence-electron chi connectivity index (χ2n) is 6.25. The van der Waals surface area contributed by atoms with E-state index >= 15 is 0 Å². The van der Waals surface area contributed by atoms with Gasteiger partial charge in [0.2, 0.25) is 11.8 Å². The van der Waals surface area contributed by atoms with Crippen LogP contribution in [0.3, 0.4) is 0 Å². The summed E-state index contributed by atoms with van der Waals surface area (Å²) in [5, 5.41) is 16.8. The van der Waals surface area contributed by atoms with Crippen LogP contribution in [-0.4, -0.2) is 17.8 Å². The molecule has 1 aliphatic rings. The predicted octanol–water partition coefficient (Wildman–Crippen LogP) is 1.70. The van der Waals surface area contributed by atoms with Gasteiger partial charge in [-0.3, -0.25) is 9.59 Å². The Bertz CT molecular complexity index is 709. The highest BCUT2D eigenvalue weighted by molar-refractivity contribution is 5.96. The van der Waals surface area contributed by atoms with Crippen molar-refractivity contribution in [3.05, 3.63) is 35.4 Å². The van der Waals surface area contributed by atoms with Crippen LogP contribution in [0.4, 0.5) is 11.4 Å². The fraction of sp³-hybridized carbons (Fsp3) is 0.389. The van der Waals surface area contributed by atoms with E-state index in [2.05, 4.69) is 10.6 Å². The highest BCUT2D eigenvalue weighted by Crippen LogP contribution is 2.34. The summed E-state index contributed by atoms with van der Waals surface area (Å²) in [7, 11) is 0. The molecular weight excluding hydrogens is 308 g/mol. The van der Waals surface area contributed by atoms with Gasteiger partial charge in [-0.25, -0.2) is 0 Å². The molecule has 0 fully saturated rings. The summed E-state index contributed by atoms with van der Waals surface area (Å²) in [6.07, 6.45) is 0.736. The molecule has 6 nitrogen and oxygen atoms in total. The van der Waals surface area contributed by atoms with E-state index in [1.165, 1.54) is 6.92 Å². The number of amides is 2. The van der Waals surface area contributed by atoms with Gasteiger partial charge in [-0.15, -0.1) is 0 Å². The van der Waals surface area contributed by atoms with Crippen molar-refractivity contribution >= 4 is 29.2 Å². The molecule has 0 unspecified atom stereocenters. The largest absolute Gasteiger partial charge is 0.550 e. The van der Waals surface area contributed by atoms with Gasteiger partial charge in [-0.05, 0) is 44.9 Å². The number of aliphatic carboxylic acids is 1. The SMILES string of the molecule is CC(=O)Nc1cccc(NC(=O)[C@H]2CC(C)=C(C)C[C@H]2C(=O)[O-])c1. The van der Waals surface area contributed by atoms with Gasteiger partial charge in [0.05, 0.1) is 5.92 Å². The number of nitrogens with one attached hydrogen (secondary N) is 2. The van der Waals surface area contributed by atoms with E-state index in [-0.39, 0.29) is 11.8 Å². The molecule has 0 spiro atoms. The van der Waals surface area contributed by atoms with Crippen LogP contribution < -0.4 is 15.7 Å². The number of allylic oxidation sites excluding steroid dienone is 2. The zero-order valence-corrected chi connectivity index (χ0v) is 14.0. The summed E-state index contributed by atoms with van der Waals surface area (Å²) in [5.74, 6) is -3.25. The molecule has 24 heavy (non-hydrogen) atoms. The Labute approximate surface area is 140 Å². The molecule has 2 rings (SSSR count). The lowest BCUT2D eigenvalue weighted by Crippen LogP contribution is -2.42. The van der Waals surface area contributed by atoms with Crippen molar-refractivity contribution < 1.29 is 19.5 Å². The zero-order chi connectivity index (χ0) is 17.9. The van der Waals surface area contributed by atoms with Gasteiger partial charge in [-0.1, -0.05) is 17.2 Å². The maximum Gasteiger partial charge on any atom is 0.228 e. The van der Waals surface area contributed by atoms with Crippen molar-refractivity contribution in [2.45, 2.75) is 33.6 Å². The van der Waals surface area contributed by atoms with E-state index in [0.29, 0.717) is 24.2 Å². The molecule has 1 aromatic carbocycles. The molecule has 1 aromatic rings. The number of carbonyl (C=O) groups is 3. The standard InChI is InChI=1S/C18H22N2O4/c1-10-7-15(16(18(23)24)8-11(10)2)17(22)20-14-6-4-5-13(9-14)19-12(3)21/h4-6,9,15-16H,7-8H2,1-3H3,(H,19,21)(H,20,22)(H,23,24)/p-1/t15-,16+/m0/s1. The molecule has 0 aliphatic heterocycles. The van der Waals surface area contributed by atoms with Crippen molar-refractivity contribution in [2.75, 3.05) is 10.6 Å². The number of benzene rings is 1. The third kappa shape index (κ3) is 4.22. The van der Waals surface area contributed by atoms with E-state index in [9.17, 15) is 19.5 Å². The Morgan fingerprint density at radius 3 is 2.08 bits per heavy atom. The molecule has 1 aliphatic carbocycles. The molecule has 0 heterocycles. The van der Waals surface area contributed by atoms with Gasteiger partial charge in [0.25, 0.3) is 0 Å². The molecule has 2 N–H and O–H groups in total. The van der Waals surface area contributed by atoms with E-state index in [1.54, 1.807) is 24.3 Å². The molecule has 128 valence electrons. The Balaban J connectivity index is 2.16. The number of hydrogen-bond acceptors (Lipinski definition) is 4. The lowest BCUT2D eigenvalue weighted by molar-refractivity contribution is -0.313. The fourth-order valence-corrected chi connectivity index (χ4v) is 2.93. The third-order valence-corrected chi connectivity index (χ3v) is 4.36. The fourth-order valence-electron chi connectivity index (χ4n) is 2.93. The molecule has 6 heteroatoms. The van der Waals surface area contributed by atoms with Crippen molar-refractivity contribution in [1.82, 2.24) is 0 Å². The smallest absolute Gasteiger partial charge is 0.228 e. The van der Waals surface area contributed by atoms with Crippen LogP contribution >= 0.6 is 0 Å². The van der Waals surface area contributed by atoms with Crippen molar-refractivity contribution in [2.24, 2.45) is 11.8 Å². The van der Waals surface area contributed by atoms with Gasteiger partial charge < -0.3 is 20.5 Å². The number of carboxylic acid groups (broad SMARTS) is 1. The quantitative estimate of drug-likeness (QED) is 0.821. The summed E-state index contributed by atoms with van der Waals surface area (Å²) in [4.78, 5) is 35.0. The average Bonchev–Trinajstić information content (AvgIpc) is 2.49. The van der Waals surface area contributed by atoms with E-state index in [0.717, 1.165) is 11.1 Å². The summed E-state index contributed by atoms with van der Waals surface area (Å²) < 4.78 is 0. The number of rotatable bonds is 4. The number of anilines is 2. The van der Waals surface area contributed by atoms with Crippen LogP contribution in [0.2, 0.25) is 0 Å². The molecule has 2 amide bonds. The molecule has 0 aromatic heterocycles. The van der Waals surface area contributed by atoms with Crippen molar-refractivity contribution in [1.29, 1.82) is 0 Å². The second kappa shape index (κ2) is 7.29. The van der Waals surface area contributed by atoms with E-state index < -0.39 is 17.8 Å². The zero-order valence-electron chi connectivity index (χ0n) is 14.0. The molecule has 0 radical (unpaired) electrons. The van der Waals surface area contributed by atoms with Crippen molar-refractivity contribution in [3.63, 3.8) is 0 Å². The van der Waals surface area contributed by atoms with Crippen LogP contribution in [0, 0.1) is 11.8 Å². The minimum Gasteiger partial charge on any atom is -0.550 e. The second-order valence-corrected chi connectivity index (χ2v) is 6.25. The monoisotopic (exact) mass is 329 g/mol. The molecular formula is C18H21N2O4-. The summed E-state index contributed by atoms with van der Waals surface area (Å²) in [6, 6.07) is 6.73. The van der Waals surface area contributed by atoms with E-state index in [1.807, 2.05) is 13.8 Å². The first-order chi connectivity index (χ1) is 11.3. The van der Waals surface area contributed by atoms with Gasteiger partial charge in [0, 0.05) is 30.2 Å². The average molecular weight is 329 g/mol. The summed E-state index contributed by atoms with van der Waals surface area (Å²) in [5.41, 5.74) is 3.11. The highest BCUT2D eigenvalue weighted by Gasteiger charge is 2.33. The molecule has 2 atom stereocenters. The Kier molecular flexibility index (Phi) is 5.39. The van der Waals surface area contributed by atoms with Crippen LogP contribution in [0.25, 0.3) is 0 Å². The van der Waals surface area contributed by atoms with Gasteiger partial charge in [0.15, 0.2) is 0 Å². The topological polar surface area (TPSA) is 98.3 Å². The minimum atomic E-state index is -1.20. The van der Waals surface area contributed by atoms with Crippen LogP contribution in [-0.2, 0) is 14.4 Å². The normalized spacial score (nSPS) is 20.5. The molecule has 0 saturated heterocycles. The number of hydrogen-bond donors (Lipinski definition) is 2. The van der Waals surface area contributed by atoms with Gasteiger partial charge in [0.1, 0.15) is 0 Å². The Morgan fingerprint density at radius 1 is 1.00 bits per heavy atom. The maximum absolute atomic E-state index is 12.6. The lowest BCUT2D eigenvalue weighted by Gasteiger charge is -2.32. The number of carbonyl (C=O) groups excluding carboxylic acids is 3. The Hall–Kier alpha value is -2.63.